The second kappa shape index (κ2) is 11.6. The fourth-order valence-corrected chi connectivity index (χ4v) is 4.99. The van der Waals surface area contributed by atoms with Crippen LogP contribution >= 0.6 is 11.6 Å². The van der Waals surface area contributed by atoms with Crippen molar-refractivity contribution in [3.05, 3.63) is 94.3 Å². The van der Waals surface area contributed by atoms with Crippen molar-refractivity contribution in [2.45, 2.75) is 44.7 Å². The molecule has 0 spiro atoms. The van der Waals surface area contributed by atoms with Crippen molar-refractivity contribution in [2.24, 2.45) is 0 Å². The van der Waals surface area contributed by atoms with Crippen LogP contribution in [-0.2, 0) is 6.54 Å². The highest BCUT2D eigenvalue weighted by atomic mass is 35.5. The highest BCUT2D eigenvalue weighted by Gasteiger charge is 2.27. The lowest BCUT2D eigenvalue weighted by molar-refractivity contribution is 0.0614. The molecule has 7 heteroatoms. The predicted octanol–water partition coefficient (Wildman–Crippen LogP) is 6.77. The standard InChI is InChI=1S/C29H31ClFN3O2/c1-33(2)27-17-16-23(32-28(35)25-10-6-7-11-26(25)30)18-21(27)19-34(24-8-4-3-5-9-24)29(36)20-12-14-22(31)15-13-20/h6-7,10-18,24H,3-5,8-9,19H2,1-2H3,(H,32,35). The van der Waals surface area contributed by atoms with E-state index in [-0.39, 0.29) is 23.7 Å². The molecule has 0 unspecified atom stereocenters. The molecule has 0 bridgehead atoms. The molecule has 2 amide bonds. The summed E-state index contributed by atoms with van der Waals surface area (Å²) in [6, 6.07) is 18.4. The number of benzene rings is 3. The highest BCUT2D eigenvalue weighted by molar-refractivity contribution is 6.34. The molecule has 1 aliphatic rings. The van der Waals surface area contributed by atoms with Crippen LogP contribution in [0, 0.1) is 5.82 Å². The molecule has 0 radical (unpaired) electrons. The zero-order valence-corrected chi connectivity index (χ0v) is 21.4. The van der Waals surface area contributed by atoms with Crippen LogP contribution in [0.4, 0.5) is 15.8 Å². The summed E-state index contributed by atoms with van der Waals surface area (Å²) in [6.45, 7) is 0.379. The Hall–Kier alpha value is -3.38. The summed E-state index contributed by atoms with van der Waals surface area (Å²) in [7, 11) is 3.90. The molecule has 1 saturated carbocycles. The van der Waals surface area contributed by atoms with Crippen LogP contribution in [0.2, 0.25) is 5.02 Å². The summed E-state index contributed by atoms with van der Waals surface area (Å²) in [6.07, 6.45) is 5.20. The van der Waals surface area contributed by atoms with Gasteiger partial charge in [-0.2, -0.15) is 0 Å². The zero-order chi connectivity index (χ0) is 25.7. The van der Waals surface area contributed by atoms with Gasteiger partial charge in [-0.3, -0.25) is 9.59 Å². The van der Waals surface area contributed by atoms with Crippen molar-refractivity contribution in [3.8, 4) is 0 Å². The number of carbonyl (C=O) groups excluding carboxylic acids is 2. The number of anilines is 2. The molecular weight excluding hydrogens is 477 g/mol. The first-order valence-electron chi connectivity index (χ1n) is 12.3. The Bertz CT molecular complexity index is 1220. The molecular formula is C29H31ClFN3O2. The highest BCUT2D eigenvalue weighted by Crippen LogP contribution is 2.30. The number of rotatable bonds is 7. The maximum absolute atomic E-state index is 13.6. The summed E-state index contributed by atoms with van der Waals surface area (Å²) in [4.78, 5) is 30.4. The number of nitrogens with zero attached hydrogens (tertiary/aromatic N) is 2. The van der Waals surface area contributed by atoms with Crippen LogP contribution in [0.5, 0.6) is 0 Å². The van der Waals surface area contributed by atoms with E-state index in [0.29, 0.717) is 28.4 Å². The minimum atomic E-state index is -0.368. The predicted molar refractivity (Wildman–Crippen MR) is 143 cm³/mol. The Morgan fingerprint density at radius 3 is 2.33 bits per heavy atom. The maximum Gasteiger partial charge on any atom is 0.257 e. The maximum atomic E-state index is 13.6. The third-order valence-electron chi connectivity index (χ3n) is 6.65. The minimum absolute atomic E-state index is 0.104. The van der Waals surface area contributed by atoms with E-state index in [0.717, 1.165) is 36.9 Å². The van der Waals surface area contributed by atoms with E-state index in [1.165, 1.54) is 18.6 Å². The molecule has 5 nitrogen and oxygen atoms in total. The van der Waals surface area contributed by atoms with E-state index in [4.69, 9.17) is 11.6 Å². The van der Waals surface area contributed by atoms with Gasteiger partial charge in [0, 0.05) is 43.6 Å². The lowest BCUT2D eigenvalue weighted by Crippen LogP contribution is -2.41. The first-order chi connectivity index (χ1) is 17.3. The summed E-state index contributed by atoms with van der Waals surface area (Å²) < 4.78 is 13.5. The van der Waals surface area contributed by atoms with Crippen molar-refractivity contribution in [2.75, 3.05) is 24.3 Å². The van der Waals surface area contributed by atoms with E-state index in [9.17, 15) is 14.0 Å². The first-order valence-corrected chi connectivity index (χ1v) is 12.6. The monoisotopic (exact) mass is 507 g/mol. The van der Waals surface area contributed by atoms with E-state index < -0.39 is 0 Å². The quantitative estimate of drug-likeness (QED) is 0.384. The van der Waals surface area contributed by atoms with Gasteiger partial charge in [-0.25, -0.2) is 4.39 Å². The first kappa shape index (κ1) is 25.7. The molecule has 36 heavy (non-hydrogen) atoms. The number of hydrogen-bond donors (Lipinski definition) is 1. The van der Waals surface area contributed by atoms with Gasteiger partial charge in [-0.05, 0) is 73.0 Å². The molecule has 1 N–H and O–H groups in total. The van der Waals surface area contributed by atoms with E-state index >= 15 is 0 Å². The second-order valence-corrected chi connectivity index (χ2v) is 9.81. The van der Waals surface area contributed by atoms with E-state index in [2.05, 4.69) is 5.32 Å². The molecule has 188 valence electrons. The molecule has 1 aliphatic carbocycles. The summed E-state index contributed by atoms with van der Waals surface area (Å²) in [5.74, 6) is -0.777. The summed E-state index contributed by atoms with van der Waals surface area (Å²) >= 11 is 6.21. The molecule has 0 aromatic heterocycles. The van der Waals surface area contributed by atoms with Gasteiger partial charge in [0.05, 0.1) is 10.6 Å². The Kier molecular flexibility index (Phi) is 8.26. The largest absolute Gasteiger partial charge is 0.377 e. The second-order valence-electron chi connectivity index (χ2n) is 9.40. The summed E-state index contributed by atoms with van der Waals surface area (Å²) in [5.41, 5.74) is 3.36. The third kappa shape index (κ3) is 6.05. The van der Waals surface area contributed by atoms with Crippen molar-refractivity contribution in [1.29, 1.82) is 0 Å². The molecule has 0 atom stereocenters. The molecule has 3 aromatic rings. The number of carbonyl (C=O) groups is 2. The number of nitrogens with one attached hydrogen (secondary N) is 1. The Labute approximate surface area is 216 Å². The fraction of sp³-hybridized carbons (Fsp3) is 0.310. The minimum Gasteiger partial charge on any atom is -0.377 e. The van der Waals surface area contributed by atoms with Crippen molar-refractivity contribution < 1.29 is 14.0 Å². The number of halogens is 2. The average molecular weight is 508 g/mol. The zero-order valence-electron chi connectivity index (χ0n) is 20.6. The van der Waals surface area contributed by atoms with Gasteiger partial charge in [0.1, 0.15) is 5.82 Å². The summed E-state index contributed by atoms with van der Waals surface area (Å²) in [5, 5.41) is 3.32. The lowest BCUT2D eigenvalue weighted by atomic mass is 9.93. The van der Waals surface area contributed by atoms with Crippen LogP contribution in [0.25, 0.3) is 0 Å². The number of amides is 2. The average Bonchev–Trinajstić information content (AvgIpc) is 2.88. The van der Waals surface area contributed by atoms with Crippen LogP contribution in [0.3, 0.4) is 0 Å². The van der Waals surface area contributed by atoms with Crippen LogP contribution in [0.15, 0.2) is 66.7 Å². The van der Waals surface area contributed by atoms with Crippen LogP contribution in [-0.4, -0.2) is 36.9 Å². The van der Waals surface area contributed by atoms with Gasteiger partial charge in [0.15, 0.2) is 0 Å². The molecule has 0 heterocycles. The SMILES string of the molecule is CN(C)c1ccc(NC(=O)c2ccccc2Cl)cc1CN(C(=O)c1ccc(F)cc1)C1CCCCC1. The van der Waals surface area contributed by atoms with Crippen molar-refractivity contribution in [1.82, 2.24) is 4.90 Å². The Balaban J connectivity index is 1.65. The fourth-order valence-electron chi connectivity index (χ4n) is 4.77. The third-order valence-corrected chi connectivity index (χ3v) is 6.98. The van der Waals surface area contributed by atoms with Gasteiger partial charge in [0.25, 0.3) is 11.8 Å². The van der Waals surface area contributed by atoms with Gasteiger partial charge in [0.2, 0.25) is 0 Å². The Morgan fingerprint density at radius 2 is 1.67 bits per heavy atom. The van der Waals surface area contributed by atoms with Crippen molar-refractivity contribution in [3.63, 3.8) is 0 Å². The normalized spacial score (nSPS) is 13.8. The smallest absolute Gasteiger partial charge is 0.257 e. The number of hydrogen-bond acceptors (Lipinski definition) is 3. The Morgan fingerprint density at radius 1 is 0.972 bits per heavy atom. The molecule has 4 rings (SSSR count). The van der Waals surface area contributed by atoms with E-state index in [1.807, 2.05) is 42.1 Å². The van der Waals surface area contributed by atoms with Gasteiger partial charge < -0.3 is 15.1 Å². The van der Waals surface area contributed by atoms with Crippen molar-refractivity contribution >= 4 is 34.8 Å². The van der Waals surface area contributed by atoms with Crippen LogP contribution < -0.4 is 10.2 Å². The van der Waals surface area contributed by atoms with Gasteiger partial charge >= 0.3 is 0 Å². The van der Waals surface area contributed by atoms with E-state index in [1.54, 1.807) is 36.4 Å². The molecule has 1 fully saturated rings. The molecule has 0 aliphatic heterocycles. The van der Waals surface area contributed by atoms with Gasteiger partial charge in [-0.15, -0.1) is 0 Å². The van der Waals surface area contributed by atoms with Gasteiger partial charge in [-0.1, -0.05) is 43.0 Å². The topological polar surface area (TPSA) is 52.7 Å². The van der Waals surface area contributed by atoms with Crippen LogP contribution in [0.1, 0.15) is 58.4 Å². The lowest BCUT2D eigenvalue weighted by Gasteiger charge is -2.35. The molecule has 3 aromatic carbocycles. The molecule has 0 saturated heterocycles.